The number of aromatic nitrogens is 1. The molecule has 0 saturated carbocycles. The Morgan fingerprint density at radius 2 is 1.82 bits per heavy atom. The first-order chi connectivity index (χ1) is 13.7. The Morgan fingerprint density at radius 3 is 2.68 bits per heavy atom. The van der Waals surface area contributed by atoms with Gasteiger partial charge >= 0.3 is 0 Å². The number of pyridine rings is 1. The summed E-state index contributed by atoms with van der Waals surface area (Å²) >= 11 is 3.45. The predicted molar refractivity (Wildman–Crippen MR) is 113 cm³/mol. The molecule has 0 bridgehead atoms. The molecule has 0 aliphatic carbocycles. The molecule has 0 atom stereocenters. The van der Waals surface area contributed by atoms with Gasteiger partial charge in [-0.3, -0.25) is 0 Å². The van der Waals surface area contributed by atoms with Gasteiger partial charge in [-0.05, 0) is 30.3 Å². The van der Waals surface area contributed by atoms with Crippen LogP contribution in [0.15, 0.2) is 68.1 Å². The first kappa shape index (κ1) is 17.7. The number of aromatic hydroxyl groups is 1. The first-order valence-corrected chi connectivity index (χ1v) is 10.7. The van der Waals surface area contributed by atoms with E-state index in [1.165, 1.54) is 14.7 Å². The molecule has 0 radical (unpaired) electrons. The molecule has 2 aliphatic heterocycles. The van der Waals surface area contributed by atoms with Crippen molar-refractivity contribution in [3.8, 4) is 17.1 Å². The smallest absolute Gasteiger partial charge is 0.213 e. The van der Waals surface area contributed by atoms with Crippen molar-refractivity contribution >= 4 is 34.9 Å². The molecule has 2 aliphatic rings. The number of nitrogens with zero attached hydrogens (tertiary/aromatic N) is 2. The minimum absolute atomic E-state index is 0.0400. The van der Waals surface area contributed by atoms with Gasteiger partial charge in [0.25, 0.3) is 0 Å². The summed E-state index contributed by atoms with van der Waals surface area (Å²) in [5, 5.41) is 10.3. The molecule has 1 fully saturated rings. The standard InChI is InChI=1S/C21H19N3O2S2/c22-13-4-5-17-19(10-13)27-18-3-1-2-15(21(18)28-17)16-11-14(12-20(25)23-16)24-6-8-26-9-7-24/h1-5,10-12H,6-9,22H2,(H,23,25). The van der Waals surface area contributed by atoms with E-state index in [0.717, 1.165) is 40.6 Å². The number of anilines is 2. The molecule has 7 heteroatoms. The van der Waals surface area contributed by atoms with Gasteiger partial charge in [0.15, 0.2) is 0 Å². The first-order valence-electron chi connectivity index (χ1n) is 9.10. The van der Waals surface area contributed by atoms with Crippen molar-refractivity contribution < 1.29 is 9.84 Å². The Bertz CT molecular complexity index is 1050. The molecular formula is C21H19N3O2S2. The molecule has 0 amide bonds. The van der Waals surface area contributed by atoms with E-state index < -0.39 is 0 Å². The number of ether oxygens (including phenoxy) is 1. The summed E-state index contributed by atoms with van der Waals surface area (Å²) in [6, 6.07) is 16.0. The Labute approximate surface area is 171 Å². The largest absolute Gasteiger partial charge is 0.493 e. The van der Waals surface area contributed by atoms with Gasteiger partial charge in [0.1, 0.15) is 0 Å². The molecule has 0 unspecified atom stereocenters. The second kappa shape index (κ2) is 7.24. The van der Waals surface area contributed by atoms with Crippen molar-refractivity contribution in [2.75, 3.05) is 36.9 Å². The zero-order valence-corrected chi connectivity index (χ0v) is 16.7. The minimum Gasteiger partial charge on any atom is -0.493 e. The maximum absolute atomic E-state index is 10.3. The average molecular weight is 410 g/mol. The summed E-state index contributed by atoms with van der Waals surface area (Å²) in [7, 11) is 0. The van der Waals surface area contributed by atoms with E-state index in [1.807, 2.05) is 18.2 Å². The maximum atomic E-state index is 10.3. The van der Waals surface area contributed by atoms with Crippen LogP contribution in [0.5, 0.6) is 5.88 Å². The van der Waals surface area contributed by atoms with Crippen LogP contribution in [0.25, 0.3) is 11.3 Å². The van der Waals surface area contributed by atoms with Crippen molar-refractivity contribution in [1.29, 1.82) is 0 Å². The van der Waals surface area contributed by atoms with Gasteiger partial charge in [-0.25, -0.2) is 4.98 Å². The van der Waals surface area contributed by atoms with Crippen LogP contribution in [0.4, 0.5) is 11.4 Å². The SMILES string of the molecule is Nc1ccc2c(c1)Sc1cccc(-c3cc(N4CCOCC4)cc(O)n3)c1S2. The number of nitrogens with two attached hydrogens (primary N) is 1. The lowest BCUT2D eigenvalue weighted by Crippen LogP contribution is -2.36. The van der Waals surface area contributed by atoms with Gasteiger partial charge in [0.2, 0.25) is 5.88 Å². The number of benzene rings is 2. The van der Waals surface area contributed by atoms with E-state index in [9.17, 15) is 5.11 Å². The number of nitrogen functional groups attached to an aromatic ring is 1. The van der Waals surface area contributed by atoms with E-state index in [2.05, 4.69) is 34.1 Å². The van der Waals surface area contributed by atoms with Crippen molar-refractivity contribution in [3.63, 3.8) is 0 Å². The second-order valence-corrected chi connectivity index (χ2v) is 8.85. The van der Waals surface area contributed by atoms with Crippen molar-refractivity contribution in [2.45, 2.75) is 19.6 Å². The second-order valence-electron chi connectivity index (χ2n) is 6.71. The summed E-state index contributed by atoms with van der Waals surface area (Å²) in [5.74, 6) is 0.0400. The topological polar surface area (TPSA) is 71.6 Å². The fraction of sp³-hybridized carbons (Fsp3) is 0.190. The molecule has 3 N–H and O–H groups in total. The third kappa shape index (κ3) is 3.30. The molecule has 3 heterocycles. The van der Waals surface area contributed by atoms with Gasteiger partial charge in [0, 0.05) is 55.7 Å². The van der Waals surface area contributed by atoms with Crippen LogP contribution >= 0.6 is 23.5 Å². The lowest BCUT2D eigenvalue weighted by molar-refractivity contribution is 0.122. The Morgan fingerprint density at radius 1 is 0.964 bits per heavy atom. The van der Waals surface area contributed by atoms with Gasteiger partial charge in [-0.1, -0.05) is 35.7 Å². The molecule has 142 valence electrons. The van der Waals surface area contributed by atoms with Crippen LogP contribution in [0.3, 0.4) is 0 Å². The normalized spacial score (nSPS) is 15.8. The lowest BCUT2D eigenvalue weighted by atomic mass is 10.1. The monoisotopic (exact) mass is 409 g/mol. The number of fused-ring (bicyclic) bond motifs is 2. The van der Waals surface area contributed by atoms with Crippen molar-refractivity contribution in [3.05, 3.63) is 48.5 Å². The van der Waals surface area contributed by atoms with Crippen LogP contribution in [0.1, 0.15) is 0 Å². The van der Waals surface area contributed by atoms with Crippen LogP contribution in [-0.4, -0.2) is 36.4 Å². The molecule has 3 aromatic rings. The van der Waals surface area contributed by atoms with Crippen LogP contribution < -0.4 is 10.6 Å². The molecule has 0 spiro atoms. The number of morpholine rings is 1. The molecular weight excluding hydrogens is 390 g/mol. The molecule has 1 saturated heterocycles. The average Bonchev–Trinajstić information content (AvgIpc) is 2.72. The number of rotatable bonds is 2. The highest BCUT2D eigenvalue weighted by Crippen LogP contribution is 2.52. The fourth-order valence-electron chi connectivity index (χ4n) is 3.46. The van der Waals surface area contributed by atoms with Crippen molar-refractivity contribution in [1.82, 2.24) is 4.98 Å². The fourth-order valence-corrected chi connectivity index (χ4v) is 5.88. The summed E-state index contributed by atoms with van der Waals surface area (Å²) in [4.78, 5) is 11.4. The van der Waals surface area contributed by atoms with Gasteiger partial charge in [0.05, 0.1) is 18.9 Å². The minimum atomic E-state index is 0.0400. The summed E-state index contributed by atoms with van der Waals surface area (Å²) in [6.45, 7) is 3.03. The van der Waals surface area contributed by atoms with E-state index >= 15 is 0 Å². The van der Waals surface area contributed by atoms with Crippen molar-refractivity contribution in [2.24, 2.45) is 0 Å². The van der Waals surface area contributed by atoms with Gasteiger partial charge in [-0.15, -0.1) is 0 Å². The van der Waals surface area contributed by atoms with Gasteiger partial charge in [-0.2, -0.15) is 0 Å². The Kier molecular flexibility index (Phi) is 4.58. The zero-order chi connectivity index (χ0) is 19.1. The number of hydrogen-bond donors (Lipinski definition) is 2. The highest BCUT2D eigenvalue weighted by Gasteiger charge is 2.22. The molecule has 5 rings (SSSR count). The lowest BCUT2D eigenvalue weighted by Gasteiger charge is -2.29. The number of hydrogen-bond acceptors (Lipinski definition) is 7. The van der Waals surface area contributed by atoms with E-state index in [1.54, 1.807) is 29.6 Å². The van der Waals surface area contributed by atoms with E-state index in [0.29, 0.717) is 13.2 Å². The van der Waals surface area contributed by atoms with E-state index in [-0.39, 0.29) is 5.88 Å². The Balaban J connectivity index is 1.56. The third-order valence-electron chi connectivity index (χ3n) is 4.83. The quantitative estimate of drug-likeness (QED) is 0.473. The molecule has 1 aromatic heterocycles. The summed E-state index contributed by atoms with van der Waals surface area (Å²) in [6.07, 6.45) is 0. The van der Waals surface area contributed by atoms with Crippen LogP contribution in [-0.2, 0) is 4.74 Å². The highest BCUT2D eigenvalue weighted by atomic mass is 32.2. The van der Waals surface area contributed by atoms with Crippen LogP contribution in [0.2, 0.25) is 0 Å². The van der Waals surface area contributed by atoms with Gasteiger partial charge < -0.3 is 20.5 Å². The molecule has 28 heavy (non-hydrogen) atoms. The highest BCUT2D eigenvalue weighted by molar-refractivity contribution is 8.05. The Hall–Kier alpha value is -2.35. The molecule has 2 aromatic carbocycles. The maximum Gasteiger partial charge on any atom is 0.213 e. The molecule has 5 nitrogen and oxygen atoms in total. The zero-order valence-electron chi connectivity index (χ0n) is 15.1. The third-order valence-corrected chi connectivity index (χ3v) is 7.42. The van der Waals surface area contributed by atoms with Crippen LogP contribution in [0, 0.1) is 0 Å². The predicted octanol–water partition coefficient (Wildman–Crippen LogP) is 4.49. The summed E-state index contributed by atoms with van der Waals surface area (Å²) in [5.41, 5.74) is 9.52. The van der Waals surface area contributed by atoms with E-state index in [4.69, 9.17) is 10.5 Å². The summed E-state index contributed by atoms with van der Waals surface area (Å²) < 4.78 is 5.45.